The summed E-state index contributed by atoms with van der Waals surface area (Å²) in [6, 6.07) is 4.08. The first-order valence-corrected chi connectivity index (χ1v) is 9.28. The second-order valence-corrected chi connectivity index (χ2v) is 7.57. The van der Waals surface area contributed by atoms with Gasteiger partial charge in [0.05, 0.1) is 18.7 Å². The van der Waals surface area contributed by atoms with Crippen molar-refractivity contribution in [3.63, 3.8) is 0 Å². The van der Waals surface area contributed by atoms with Gasteiger partial charge in [0, 0.05) is 44.0 Å². The predicted octanol–water partition coefficient (Wildman–Crippen LogP) is 0.912. The SMILES string of the molecule is CC(C)C(=O)N1CCn2c(nnc2[C@@H]2C[C@H](O)CN2Cc2ccc[nH]2)C1. The van der Waals surface area contributed by atoms with Crippen molar-refractivity contribution in [3.8, 4) is 0 Å². The fraction of sp³-hybridized carbons (Fsp3) is 0.611. The van der Waals surface area contributed by atoms with E-state index in [-0.39, 0.29) is 24.0 Å². The number of β-amino-alcohol motifs (C(OH)–C–C–N with tert-alkyl or cyclic N) is 1. The molecular weight excluding hydrogens is 332 g/mol. The maximum Gasteiger partial charge on any atom is 0.225 e. The maximum absolute atomic E-state index is 12.3. The number of aliphatic hydroxyl groups is 1. The van der Waals surface area contributed by atoms with Gasteiger partial charge in [0.1, 0.15) is 0 Å². The van der Waals surface area contributed by atoms with Crippen molar-refractivity contribution in [1.29, 1.82) is 0 Å². The average molecular weight is 358 g/mol. The van der Waals surface area contributed by atoms with Crippen LogP contribution in [0.1, 0.15) is 43.7 Å². The van der Waals surface area contributed by atoms with E-state index in [1.165, 1.54) is 0 Å². The van der Waals surface area contributed by atoms with E-state index in [9.17, 15) is 9.90 Å². The quantitative estimate of drug-likeness (QED) is 0.848. The molecular formula is C18H26N6O2. The van der Waals surface area contributed by atoms with Gasteiger partial charge in [-0.15, -0.1) is 10.2 Å². The first kappa shape index (κ1) is 17.2. The van der Waals surface area contributed by atoms with Crippen molar-refractivity contribution >= 4 is 5.91 Å². The Morgan fingerprint density at radius 3 is 2.96 bits per heavy atom. The van der Waals surface area contributed by atoms with E-state index < -0.39 is 0 Å². The number of H-pyrrole nitrogens is 1. The Morgan fingerprint density at radius 2 is 2.23 bits per heavy atom. The third-order valence-electron chi connectivity index (χ3n) is 5.30. The highest BCUT2D eigenvalue weighted by atomic mass is 16.3. The van der Waals surface area contributed by atoms with Gasteiger partial charge in [-0.3, -0.25) is 9.69 Å². The van der Waals surface area contributed by atoms with Crippen LogP contribution in [-0.4, -0.2) is 59.8 Å². The number of amides is 1. The number of carbonyl (C=O) groups excluding carboxylic acids is 1. The van der Waals surface area contributed by atoms with Crippen LogP contribution < -0.4 is 0 Å². The van der Waals surface area contributed by atoms with Crippen LogP contribution in [0.2, 0.25) is 0 Å². The Labute approximate surface area is 152 Å². The molecule has 0 aliphatic carbocycles. The number of fused-ring (bicyclic) bond motifs is 1. The van der Waals surface area contributed by atoms with Gasteiger partial charge in [-0.05, 0) is 18.6 Å². The summed E-state index contributed by atoms with van der Waals surface area (Å²) in [5, 5.41) is 19.0. The Bertz CT molecular complexity index is 769. The molecule has 2 aliphatic heterocycles. The first-order valence-electron chi connectivity index (χ1n) is 9.28. The van der Waals surface area contributed by atoms with Crippen molar-refractivity contribution in [2.45, 2.75) is 52.0 Å². The van der Waals surface area contributed by atoms with E-state index in [0.29, 0.717) is 32.6 Å². The fourth-order valence-corrected chi connectivity index (χ4v) is 3.99. The van der Waals surface area contributed by atoms with Crippen LogP contribution in [0.15, 0.2) is 18.3 Å². The lowest BCUT2D eigenvalue weighted by molar-refractivity contribution is -0.136. The van der Waals surface area contributed by atoms with Crippen LogP contribution in [0.5, 0.6) is 0 Å². The summed E-state index contributed by atoms with van der Waals surface area (Å²) in [4.78, 5) is 19.6. The highest BCUT2D eigenvalue weighted by Crippen LogP contribution is 2.33. The molecule has 8 heteroatoms. The number of rotatable bonds is 4. The van der Waals surface area contributed by atoms with Crippen molar-refractivity contribution in [2.24, 2.45) is 5.92 Å². The van der Waals surface area contributed by atoms with Crippen molar-refractivity contribution in [3.05, 3.63) is 35.7 Å². The zero-order valence-electron chi connectivity index (χ0n) is 15.3. The lowest BCUT2D eigenvalue weighted by Crippen LogP contribution is -2.41. The molecule has 2 aromatic heterocycles. The van der Waals surface area contributed by atoms with Crippen LogP contribution in [0, 0.1) is 5.92 Å². The summed E-state index contributed by atoms with van der Waals surface area (Å²) >= 11 is 0. The molecule has 4 rings (SSSR count). The van der Waals surface area contributed by atoms with Crippen LogP contribution in [0.4, 0.5) is 0 Å². The molecule has 1 fully saturated rings. The predicted molar refractivity (Wildman–Crippen MR) is 94.8 cm³/mol. The summed E-state index contributed by atoms with van der Waals surface area (Å²) in [6.07, 6.45) is 2.22. The van der Waals surface area contributed by atoms with Gasteiger partial charge in [0.25, 0.3) is 0 Å². The smallest absolute Gasteiger partial charge is 0.225 e. The monoisotopic (exact) mass is 358 g/mol. The van der Waals surface area contributed by atoms with Crippen LogP contribution in [0.3, 0.4) is 0 Å². The highest BCUT2D eigenvalue weighted by Gasteiger charge is 2.37. The molecule has 140 valence electrons. The number of nitrogens with one attached hydrogen (secondary N) is 1. The second kappa shape index (κ2) is 6.85. The van der Waals surface area contributed by atoms with Gasteiger partial charge in [0.2, 0.25) is 5.91 Å². The first-order chi connectivity index (χ1) is 12.5. The topological polar surface area (TPSA) is 90.3 Å². The number of hydrogen-bond acceptors (Lipinski definition) is 5. The number of aliphatic hydroxyl groups excluding tert-OH is 1. The van der Waals surface area contributed by atoms with Gasteiger partial charge in [-0.1, -0.05) is 13.8 Å². The minimum atomic E-state index is -0.356. The van der Waals surface area contributed by atoms with Gasteiger partial charge >= 0.3 is 0 Å². The van der Waals surface area contributed by atoms with E-state index in [1.54, 1.807) is 0 Å². The third-order valence-corrected chi connectivity index (χ3v) is 5.30. The highest BCUT2D eigenvalue weighted by molar-refractivity contribution is 5.78. The van der Waals surface area contributed by atoms with E-state index >= 15 is 0 Å². The average Bonchev–Trinajstić information content (AvgIpc) is 3.34. The molecule has 4 heterocycles. The largest absolute Gasteiger partial charge is 0.392 e. The molecule has 0 aromatic carbocycles. The number of aromatic amines is 1. The Kier molecular flexibility index (Phi) is 4.54. The number of likely N-dealkylation sites (tertiary alicyclic amines) is 1. The number of hydrogen-bond donors (Lipinski definition) is 2. The molecule has 8 nitrogen and oxygen atoms in total. The molecule has 0 bridgehead atoms. The summed E-state index contributed by atoms with van der Waals surface area (Å²) < 4.78 is 2.13. The fourth-order valence-electron chi connectivity index (χ4n) is 3.99. The van der Waals surface area contributed by atoms with Crippen molar-refractivity contribution in [1.82, 2.24) is 29.5 Å². The molecule has 0 unspecified atom stereocenters. The molecule has 0 spiro atoms. The summed E-state index contributed by atoms with van der Waals surface area (Å²) in [5.74, 6) is 1.89. The minimum Gasteiger partial charge on any atom is -0.392 e. The Hall–Kier alpha value is -2.19. The van der Waals surface area contributed by atoms with E-state index in [4.69, 9.17) is 0 Å². The lowest BCUT2D eigenvalue weighted by atomic mass is 10.1. The Balaban J connectivity index is 1.54. The van der Waals surface area contributed by atoms with E-state index in [0.717, 1.165) is 23.9 Å². The number of carbonyl (C=O) groups is 1. The van der Waals surface area contributed by atoms with Gasteiger partial charge in [0.15, 0.2) is 11.6 Å². The standard InChI is InChI=1S/C18H26N6O2/c1-12(2)18(26)22-6-7-24-16(11-22)20-21-17(24)15-8-14(25)10-23(15)9-13-4-3-5-19-13/h3-5,12,14-15,19,25H,6-11H2,1-2H3/t14-,15-/m0/s1. The molecule has 2 aliphatic rings. The van der Waals surface area contributed by atoms with Gasteiger partial charge in [-0.25, -0.2) is 0 Å². The van der Waals surface area contributed by atoms with Crippen molar-refractivity contribution in [2.75, 3.05) is 13.1 Å². The summed E-state index contributed by atoms with van der Waals surface area (Å²) in [7, 11) is 0. The molecule has 0 saturated carbocycles. The third kappa shape index (κ3) is 3.14. The van der Waals surface area contributed by atoms with Crippen LogP contribution >= 0.6 is 0 Å². The van der Waals surface area contributed by atoms with Gasteiger partial charge in [-0.2, -0.15) is 0 Å². The van der Waals surface area contributed by atoms with E-state index in [2.05, 4.69) is 30.7 Å². The maximum atomic E-state index is 12.3. The van der Waals surface area contributed by atoms with Crippen molar-refractivity contribution < 1.29 is 9.90 Å². The minimum absolute atomic E-state index is 0.00907. The second-order valence-electron chi connectivity index (χ2n) is 7.57. The number of nitrogens with zero attached hydrogens (tertiary/aromatic N) is 5. The molecule has 2 N–H and O–H groups in total. The normalized spacial score (nSPS) is 23.6. The molecule has 1 saturated heterocycles. The molecule has 26 heavy (non-hydrogen) atoms. The summed E-state index contributed by atoms with van der Waals surface area (Å²) in [6.45, 7) is 7.12. The van der Waals surface area contributed by atoms with Gasteiger partial charge < -0.3 is 19.6 Å². The molecule has 0 radical (unpaired) electrons. The zero-order valence-corrected chi connectivity index (χ0v) is 15.3. The summed E-state index contributed by atoms with van der Waals surface area (Å²) in [5.41, 5.74) is 1.12. The molecule has 2 aromatic rings. The van der Waals surface area contributed by atoms with E-state index in [1.807, 2.05) is 31.0 Å². The molecule has 1 amide bonds. The van der Waals surface area contributed by atoms with Crippen LogP contribution in [-0.2, 0) is 24.4 Å². The molecule has 2 atom stereocenters. The zero-order chi connectivity index (χ0) is 18.3. The number of aromatic nitrogens is 4. The van der Waals surface area contributed by atoms with Crippen LogP contribution in [0.25, 0.3) is 0 Å². The lowest BCUT2D eigenvalue weighted by Gasteiger charge is -2.30. The Morgan fingerprint density at radius 1 is 1.38 bits per heavy atom.